The number of rotatable bonds is 1. The number of hydrogen-bond donors (Lipinski definition) is 2. The summed E-state index contributed by atoms with van der Waals surface area (Å²) in [6.07, 6.45) is 1.45. The third kappa shape index (κ3) is 3.11. The summed E-state index contributed by atoms with van der Waals surface area (Å²) < 4.78 is 1.04. The zero-order valence-corrected chi connectivity index (χ0v) is 16.0. The summed E-state index contributed by atoms with van der Waals surface area (Å²) in [7, 11) is 0. The third-order valence-electron chi connectivity index (χ3n) is 4.92. The second-order valence-electron chi connectivity index (χ2n) is 7.63. The van der Waals surface area contributed by atoms with Crippen molar-refractivity contribution in [2.75, 3.05) is 10.6 Å². The standard InChI is InChI=1S/C21H21BrN2O/c1-21(2)11-17-19(18(25)12-21)20(13-7-9-14(22)10-8-13)24-16-6-4-3-5-15(16)23-17/h3-10,20,23-24H,11-12H2,1-2H3. The number of ketones is 1. The van der Waals surface area contributed by atoms with Crippen molar-refractivity contribution < 1.29 is 4.79 Å². The van der Waals surface area contributed by atoms with E-state index in [1.54, 1.807) is 0 Å². The fourth-order valence-electron chi connectivity index (χ4n) is 3.79. The van der Waals surface area contributed by atoms with Crippen LogP contribution in [0.3, 0.4) is 0 Å². The Morgan fingerprint density at radius 1 is 1.00 bits per heavy atom. The molecule has 0 fully saturated rings. The molecule has 4 rings (SSSR count). The van der Waals surface area contributed by atoms with Crippen LogP contribution in [-0.4, -0.2) is 5.78 Å². The van der Waals surface area contributed by atoms with E-state index in [2.05, 4.69) is 64.7 Å². The number of Topliss-reactive ketones (excluding diaryl/α,β-unsaturated/α-hetero) is 1. The molecule has 0 bridgehead atoms. The number of benzene rings is 2. The first-order chi connectivity index (χ1) is 11.9. The number of anilines is 2. The van der Waals surface area contributed by atoms with Gasteiger partial charge in [0.2, 0.25) is 0 Å². The molecule has 1 unspecified atom stereocenters. The first-order valence-electron chi connectivity index (χ1n) is 8.57. The highest BCUT2D eigenvalue weighted by Gasteiger charge is 2.38. The Hall–Kier alpha value is -2.07. The number of hydrogen-bond acceptors (Lipinski definition) is 3. The summed E-state index contributed by atoms with van der Waals surface area (Å²) in [5.41, 5.74) is 5.05. The Morgan fingerprint density at radius 3 is 2.40 bits per heavy atom. The number of carbonyl (C=O) groups is 1. The second-order valence-corrected chi connectivity index (χ2v) is 8.55. The quantitative estimate of drug-likeness (QED) is 0.651. The fraction of sp³-hybridized carbons (Fsp3) is 0.286. The number of carbonyl (C=O) groups excluding carboxylic acids is 1. The molecule has 1 heterocycles. The van der Waals surface area contributed by atoms with Gasteiger partial charge in [0.25, 0.3) is 0 Å². The monoisotopic (exact) mass is 396 g/mol. The van der Waals surface area contributed by atoms with Crippen LogP contribution in [0.5, 0.6) is 0 Å². The van der Waals surface area contributed by atoms with Crippen molar-refractivity contribution in [1.29, 1.82) is 0 Å². The average molecular weight is 397 g/mol. The average Bonchev–Trinajstić information content (AvgIpc) is 2.70. The molecule has 2 aromatic rings. The van der Waals surface area contributed by atoms with Crippen molar-refractivity contribution in [2.24, 2.45) is 5.41 Å². The van der Waals surface area contributed by atoms with Crippen molar-refractivity contribution in [3.05, 3.63) is 69.8 Å². The molecule has 1 aliphatic heterocycles. The van der Waals surface area contributed by atoms with Crippen LogP contribution in [0.15, 0.2) is 64.3 Å². The summed E-state index contributed by atoms with van der Waals surface area (Å²) >= 11 is 3.49. The highest BCUT2D eigenvalue weighted by atomic mass is 79.9. The van der Waals surface area contributed by atoms with Gasteiger partial charge in [0.1, 0.15) is 0 Å². The lowest BCUT2D eigenvalue weighted by molar-refractivity contribution is -0.118. The van der Waals surface area contributed by atoms with Gasteiger partial charge in [0.05, 0.1) is 17.4 Å². The Bertz CT molecular complexity index is 868. The van der Waals surface area contributed by atoms with Crippen molar-refractivity contribution in [3.63, 3.8) is 0 Å². The summed E-state index contributed by atoms with van der Waals surface area (Å²) in [5.74, 6) is 0.229. The maximum atomic E-state index is 13.1. The lowest BCUT2D eigenvalue weighted by atomic mass is 9.73. The Balaban J connectivity index is 1.88. The van der Waals surface area contributed by atoms with Gasteiger partial charge < -0.3 is 10.6 Å². The minimum Gasteiger partial charge on any atom is -0.372 e. The van der Waals surface area contributed by atoms with E-state index in [0.717, 1.165) is 39.1 Å². The molecule has 0 radical (unpaired) electrons. The Morgan fingerprint density at radius 2 is 1.68 bits per heavy atom. The molecule has 3 nitrogen and oxygen atoms in total. The van der Waals surface area contributed by atoms with Gasteiger partial charge in [-0.1, -0.05) is 54.0 Å². The molecule has 2 aromatic carbocycles. The summed E-state index contributed by atoms with van der Waals surface area (Å²) in [6.45, 7) is 4.32. The molecule has 0 spiro atoms. The predicted molar refractivity (Wildman–Crippen MR) is 106 cm³/mol. The first-order valence-corrected chi connectivity index (χ1v) is 9.37. The van der Waals surface area contributed by atoms with Gasteiger partial charge in [0.15, 0.2) is 5.78 Å². The number of halogens is 1. The topological polar surface area (TPSA) is 41.1 Å². The zero-order valence-electron chi connectivity index (χ0n) is 14.4. The van der Waals surface area contributed by atoms with E-state index in [0.29, 0.717) is 6.42 Å². The van der Waals surface area contributed by atoms with Crippen LogP contribution in [0.4, 0.5) is 11.4 Å². The number of allylic oxidation sites excluding steroid dienone is 1. The summed E-state index contributed by atoms with van der Waals surface area (Å²) in [5, 5.41) is 7.14. The van der Waals surface area contributed by atoms with Crippen LogP contribution in [-0.2, 0) is 4.79 Å². The Kier molecular flexibility index (Phi) is 3.95. The molecule has 1 aliphatic carbocycles. The smallest absolute Gasteiger partial charge is 0.163 e. The van der Waals surface area contributed by atoms with Crippen LogP contribution in [0, 0.1) is 5.41 Å². The summed E-state index contributed by atoms with van der Waals surface area (Å²) in [6, 6.07) is 16.2. The predicted octanol–water partition coefficient (Wildman–Crippen LogP) is 5.67. The van der Waals surface area contributed by atoms with Crippen molar-refractivity contribution in [3.8, 4) is 0 Å². The minimum absolute atomic E-state index is 0.0214. The molecule has 25 heavy (non-hydrogen) atoms. The SMILES string of the molecule is CC1(C)CC(=O)C2=C(C1)Nc1ccccc1NC2c1ccc(Br)cc1. The zero-order chi connectivity index (χ0) is 17.6. The van der Waals surface area contributed by atoms with E-state index >= 15 is 0 Å². The van der Waals surface area contributed by atoms with Crippen LogP contribution in [0.2, 0.25) is 0 Å². The van der Waals surface area contributed by atoms with Crippen LogP contribution in [0.25, 0.3) is 0 Å². The van der Waals surface area contributed by atoms with Crippen molar-refractivity contribution >= 4 is 33.1 Å². The van der Waals surface area contributed by atoms with Gasteiger partial charge in [-0.2, -0.15) is 0 Å². The molecule has 0 saturated heterocycles. The van der Waals surface area contributed by atoms with Crippen molar-refractivity contribution in [1.82, 2.24) is 0 Å². The van der Waals surface area contributed by atoms with Gasteiger partial charge in [0, 0.05) is 22.2 Å². The number of fused-ring (bicyclic) bond motifs is 1. The van der Waals surface area contributed by atoms with E-state index in [9.17, 15) is 4.79 Å². The lowest BCUT2D eigenvalue weighted by Crippen LogP contribution is -2.31. The van der Waals surface area contributed by atoms with E-state index in [1.165, 1.54) is 0 Å². The molecule has 1 atom stereocenters. The normalized spacial score (nSPS) is 21.6. The van der Waals surface area contributed by atoms with Crippen LogP contribution < -0.4 is 10.6 Å². The molecule has 2 N–H and O–H groups in total. The molecule has 4 heteroatoms. The highest BCUT2D eigenvalue weighted by molar-refractivity contribution is 9.10. The van der Waals surface area contributed by atoms with Gasteiger partial charge >= 0.3 is 0 Å². The Labute approximate surface area is 156 Å². The van der Waals surface area contributed by atoms with Gasteiger partial charge in [-0.15, -0.1) is 0 Å². The number of nitrogens with one attached hydrogen (secondary N) is 2. The molecule has 0 aromatic heterocycles. The number of para-hydroxylation sites is 2. The van der Waals surface area contributed by atoms with E-state index < -0.39 is 0 Å². The maximum Gasteiger partial charge on any atom is 0.163 e. The van der Waals surface area contributed by atoms with Crippen LogP contribution >= 0.6 is 15.9 Å². The molecule has 2 aliphatic rings. The second kappa shape index (κ2) is 6.03. The molecule has 0 saturated carbocycles. The fourth-order valence-corrected chi connectivity index (χ4v) is 4.06. The van der Waals surface area contributed by atoms with E-state index in [4.69, 9.17) is 0 Å². The molecule has 0 amide bonds. The van der Waals surface area contributed by atoms with Gasteiger partial charge in [-0.05, 0) is 41.7 Å². The molecular formula is C21H21BrN2O. The summed E-state index contributed by atoms with van der Waals surface area (Å²) in [4.78, 5) is 13.1. The third-order valence-corrected chi connectivity index (χ3v) is 5.45. The first kappa shape index (κ1) is 16.4. The molecular weight excluding hydrogens is 376 g/mol. The highest BCUT2D eigenvalue weighted by Crippen LogP contribution is 2.45. The lowest BCUT2D eigenvalue weighted by Gasteiger charge is -2.34. The maximum absolute atomic E-state index is 13.1. The minimum atomic E-state index is -0.136. The largest absolute Gasteiger partial charge is 0.372 e. The van der Waals surface area contributed by atoms with Crippen LogP contribution in [0.1, 0.15) is 38.3 Å². The van der Waals surface area contributed by atoms with E-state index in [-0.39, 0.29) is 17.2 Å². The van der Waals surface area contributed by atoms with Gasteiger partial charge in [-0.3, -0.25) is 4.79 Å². The van der Waals surface area contributed by atoms with Crippen molar-refractivity contribution in [2.45, 2.75) is 32.7 Å². The van der Waals surface area contributed by atoms with Gasteiger partial charge in [-0.25, -0.2) is 0 Å². The van der Waals surface area contributed by atoms with E-state index in [1.807, 2.05) is 24.3 Å². The molecule has 128 valence electrons.